The zero-order valence-electron chi connectivity index (χ0n) is 13.4. The summed E-state index contributed by atoms with van der Waals surface area (Å²) in [5.74, 6) is 0.0908. The number of Topliss-reactive ketones (excluding diaryl/α,β-unsaturated/α-hetero) is 1. The third kappa shape index (κ3) is 9.01. The highest BCUT2D eigenvalue weighted by molar-refractivity contribution is 6.08. The second kappa shape index (κ2) is 12.8. The van der Waals surface area contributed by atoms with Gasteiger partial charge >= 0.3 is 0 Å². The van der Waals surface area contributed by atoms with Crippen molar-refractivity contribution >= 4 is 5.78 Å². The van der Waals surface area contributed by atoms with Gasteiger partial charge in [0.05, 0.1) is 0 Å². The van der Waals surface area contributed by atoms with Gasteiger partial charge in [-0.2, -0.15) is 0 Å². The molecule has 1 rings (SSSR count). The summed E-state index contributed by atoms with van der Waals surface area (Å²) in [6.45, 7) is 13.9. The number of ketones is 1. The lowest BCUT2D eigenvalue weighted by molar-refractivity contribution is 0.103. The Morgan fingerprint density at radius 2 is 1.32 bits per heavy atom. The van der Waals surface area contributed by atoms with Crippen LogP contribution in [0.4, 0.5) is 0 Å². The van der Waals surface area contributed by atoms with Crippen LogP contribution in [0.15, 0.2) is 53.6 Å². The molecule has 0 radical (unpaired) electrons. The molecule has 0 aliphatic carbocycles. The van der Waals surface area contributed by atoms with E-state index in [1.807, 2.05) is 91.0 Å². The zero-order chi connectivity index (χ0) is 15.3. The fourth-order valence-corrected chi connectivity index (χ4v) is 1.18. The van der Waals surface area contributed by atoms with Crippen LogP contribution in [0.1, 0.15) is 58.8 Å². The lowest BCUT2D eigenvalue weighted by atomic mass is 10.0. The van der Waals surface area contributed by atoms with Gasteiger partial charge in [0.2, 0.25) is 0 Å². The van der Waals surface area contributed by atoms with Crippen molar-refractivity contribution < 1.29 is 4.79 Å². The highest BCUT2D eigenvalue weighted by Gasteiger charge is 2.05. The van der Waals surface area contributed by atoms with E-state index in [0.717, 1.165) is 11.1 Å². The van der Waals surface area contributed by atoms with Crippen molar-refractivity contribution in [2.75, 3.05) is 0 Å². The van der Waals surface area contributed by atoms with Crippen molar-refractivity contribution in [3.63, 3.8) is 0 Å². The molecule has 0 bridgehead atoms. The van der Waals surface area contributed by atoms with Crippen LogP contribution in [0.5, 0.6) is 0 Å². The van der Waals surface area contributed by atoms with E-state index in [1.165, 1.54) is 5.57 Å². The molecule has 0 spiro atoms. The van der Waals surface area contributed by atoms with Crippen molar-refractivity contribution in [1.29, 1.82) is 0 Å². The lowest BCUT2D eigenvalue weighted by Crippen LogP contribution is -1.99. The van der Waals surface area contributed by atoms with Crippen molar-refractivity contribution in [3.05, 3.63) is 59.2 Å². The number of carbonyl (C=O) groups excluding carboxylic acids is 1. The molecule has 0 heterocycles. The van der Waals surface area contributed by atoms with Gasteiger partial charge in [-0.15, -0.1) is 0 Å². The van der Waals surface area contributed by atoms with E-state index in [4.69, 9.17) is 0 Å². The van der Waals surface area contributed by atoms with E-state index in [-0.39, 0.29) is 5.78 Å². The summed E-state index contributed by atoms with van der Waals surface area (Å²) in [5, 5.41) is 0. The zero-order valence-corrected chi connectivity index (χ0v) is 13.4. The van der Waals surface area contributed by atoms with Crippen LogP contribution in [-0.2, 0) is 0 Å². The van der Waals surface area contributed by atoms with Gasteiger partial charge in [-0.05, 0) is 26.3 Å². The highest BCUT2D eigenvalue weighted by atomic mass is 16.1. The molecule has 0 aliphatic rings. The van der Waals surface area contributed by atoms with E-state index < -0.39 is 0 Å². The second-order valence-corrected chi connectivity index (χ2v) is 3.79. The molecule has 0 N–H and O–H groups in total. The molecule has 0 unspecified atom stereocenters. The molecule has 0 fully saturated rings. The maximum Gasteiger partial charge on any atom is 0.188 e. The number of allylic oxidation sites excluding steroid dienone is 4. The van der Waals surface area contributed by atoms with E-state index in [9.17, 15) is 4.79 Å². The Bertz CT molecular complexity index is 393. The molecular weight excluding hydrogens is 232 g/mol. The predicted molar refractivity (Wildman–Crippen MR) is 86.7 cm³/mol. The topological polar surface area (TPSA) is 17.1 Å². The summed E-state index contributed by atoms with van der Waals surface area (Å²) in [6.07, 6.45) is 3.82. The van der Waals surface area contributed by atoms with Crippen molar-refractivity contribution in [1.82, 2.24) is 0 Å². The van der Waals surface area contributed by atoms with Gasteiger partial charge in [0, 0.05) is 5.56 Å². The normalized spacial score (nSPS) is 9.32. The van der Waals surface area contributed by atoms with Gasteiger partial charge < -0.3 is 0 Å². The number of carbonyl (C=O) groups is 1. The molecular formula is C18H28O. The lowest BCUT2D eigenvalue weighted by Gasteiger charge is -1.99. The first-order valence-corrected chi connectivity index (χ1v) is 7.03. The van der Waals surface area contributed by atoms with Crippen LogP contribution in [0.2, 0.25) is 0 Å². The maximum absolute atomic E-state index is 11.9. The van der Waals surface area contributed by atoms with Gasteiger partial charge in [0.15, 0.2) is 5.78 Å². The molecule has 106 valence electrons. The Morgan fingerprint density at radius 3 is 1.74 bits per heavy atom. The van der Waals surface area contributed by atoms with Gasteiger partial charge in [0.1, 0.15) is 0 Å². The van der Waals surface area contributed by atoms with E-state index in [1.54, 1.807) is 0 Å². The minimum absolute atomic E-state index is 0.0908. The first kappa shape index (κ1) is 19.7. The Kier molecular flexibility index (Phi) is 13.3. The number of hydrogen-bond acceptors (Lipinski definition) is 1. The summed E-state index contributed by atoms with van der Waals surface area (Å²) in [6, 6.07) is 9.33. The van der Waals surface area contributed by atoms with Crippen LogP contribution >= 0.6 is 0 Å². The first-order chi connectivity index (χ1) is 9.11. The third-order valence-electron chi connectivity index (χ3n) is 2.06. The average molecular weight is 260 g/mol. The Hall–Kier alpha value is -1.63. The monoisotopic (exact) mass is 260 g/mol. The highest BCUT2D eigenvalue weighted by Crippen LogP contribution is 2.08. The summed E-state index contributed by atoms with van der Waals surface area (Å²) >= 11 is 0. The molecule has 19 heavy (non-hydrogen) atoms. The molecule has 0 aromatic heterocycles. The minimum Gasteiger partial charge on any atom is -0.289 e. The van der Waals surface area contributed by atoms with E-state index in [2.05, 4.69) is 0 Å². The molecule has 1 nitrogen and oxygen atoms in total. The van der Waals surface area contributed by atoms with Crippen LogP contribution in [0.3, 0.4) is 0 Å². The standard InChI is InChI=1S/C14H16O.2C2H6/c1-11(2)9-10-12(3)14(15)13-7-5-4-6-8-13;2*1-2/h4-10H,1-3H3;2*1-2H3/b12-10+;;. The van der Waals surface area contributed by atoms with Crippen molar-refractivity contribution in [2.24, 2.45) is 0 Å². The van der Waals surface area contributed by atoms with Crippen molar-refractivity contribution in [2.45, 2.75) is 48.5 Å². The van der Waals surface area contributed by atoms with Gasteiger partial charge in [-0.3, -0.25) is 4.79 Å². The Labute approximate surface area is 119 Å². The minimum atomic E-state index is 0.0908. The van der Waals surface area contributed by atoms with Crippen LogP contribution < -0.4 is 0 Å². The quantitative estimate of drug-likeness (QED) is 0.379. The second-order valence-electron chi connectivity index (χ2n) is 3.79. The third-order valence-corrected chi connectivity index (χ3v) is 2.06. The van der Waals surface area contributed by atoms with Crippen LogP contribution in [0.25, 0.3) is 0 Å². The Balaban J connectivity index is 0. The number of benzene rings is 1. The fourth-order valence-electron chi connectivity index (χ4n) is 1.18. The first-order valence-electron chi connectivity index (χ1n) is 7.03. The summed E-state index contributed by atoms with van der Waals surface area (Å²) < 4.78 is 0. The SMILES string of the molecule is CC.CC.CC(C)=C/C=C(\C)C(=O)c1ccccc1. The summed E-state index contributed by atoms with van der Waals surface area (Å²) in [5.41, 5.74) is 2.70. The molecule has 0 atom stereocenters. The molecule has 0 aliphatic heterocycles. The molecule has 0 amide bonds. The van der Waals surface area contributed by atoms with Gasteiger partial charge in [-0.1, -0.05) is 75.8 Å². The largest absolute Gasteiger partial charge is 0.289 e. The number of hydrogen-bond donors (Lipinski definition) is 0. The molecule has 1 aromatic carbocycles. The summed E-state index contributed by atoms with van der Waals surface area (Å²) in [7, 11) is 0. The molecule has 1 aromatic rings. The molecule has 0 saturated carbocycles. The van der Waals surface area contributed by atoms with E-state index >= 15 is 0 Å². The maximum atomic E-state index is 11.9. The fraction of sp³-hybridized carbons (Fsp3) is 0.389. The van der Waals surface area contributed by atoms with Crippen LogP contribution in [-0.4, -0.2) is 5.78 Å². The van der Waals surface area contributed by atoms with Crippen molar-refractivity contribution in [3.8, 4) is 0 Å². The van der Waals surface area contributed by atoms with Crippen LogP contribution in [0, 0.1) is 0 Å². The van der Waals surface area contributed by atoms with Gasteiger partial charge in [0.25, 0.3) is 0 Å². The predicted octanol–water partition coefficient (Wildman–Crippen LogP) is 5.83. The smallest absolute Gasteiger partial charge is 0.188 e. The Morgan fingerprint density at radius 1 is 0.842 bits per heavy atom. The van der Waals surface area contributed by atoms with E-state index in [0.29, 0.717) is 0 Å². The average Bonchev–Trinajstić information content (AvgIpc) is 2.49. The summed E-state index contributed by atoms with van der Waals surface area (Å²) in [4.78, 5) is 11.9. The molecule has 1 heteroatoms. The van der Waals surface area contributed by atoms with Gasteiger partial charge in [-0.25, -0.2) is 0 Å². The number of rotatable bonds is 3. The molecule has 0 saturated heterocycles.